The average Bonchev–Trinajstić information content (AvgIpc) is 2.37. The molecule has 5 heteroatoms. The Bertz CT molecular complexity index is 567. The van der Waals surface area contributed by atoms with Crippen LogP contribution in [0.15, 0.2) is 53.4 Å². The van der Waals surface area contributed by atoms with Crippen molar-refractivity contribution in [1.82, 2.24) is 0 Å². The van der Waals surface area contributed by atoms with E-state index in [1.54, 1.807) is 18.2 Å². The van der Waals surface area contributed by atoms with Gasteiger partial charge in [0.1, 0.15) is 0 Å². The van der Waals surface area contributed by atoms with Crippen molar-refractivity contribution in [3.63, 3.8) is 0 Å². The number of halogens is 3. The third-order valence-electron chi connectivity index (χ3n) is 2.63. The van der Waals surface area contributed by atoms with Gasteiger partial charge in [-0.1, -0.05) is 30.3 Å². The van der Waals surface area contributed by atoms with Crippen molar-refractivity contribution < 1.29 is 13.2 Å². The second-order valence-electron chi connectivity index (χ2n) is 3.98. The topological polar surface area (TPSA) is 26.0 Å². The van der Waals surface area contributed by atoms with Crippen LogP contribution in [0.25, 0.3) is 0 Å². The fourth-order valence-electron chi connectivity index (χ4n) is 1.65. The highest BCUT2D eigenvalue weighted by molar-refractivity contribution is 7.98. The molecular formula is C14H12F3NS. The fourth-order valence-corrected chi connectivity index (χ4v) is 2.74. The smallest absolute Gasteiger partial charge is 0.398 e. The summed E-state index contributed by atoms with van der Waals surface area (Å²) < 4.78 is 38.4. The second-order valence-corrected chi connectivity index (χ2v) is 5.00. The van der Waals surface area contributed by atoms with Crippen LogP contribution in [0, 0.1) is 0 Å². The summed E-state index contributed by atoms with van der Waals surface area (Å²) in [5.41, 5.74) is 6.60. The number of hydrogen-bond acceptors (Lipinski definition) is 2. The van der Waals surface area contributed by atoms with Gasteiger partial charge >= 0.3 is 6.18 Å². The number of nitrogen functional groups attached to an aromatic ring is 1. The molecule has 2 aromatic carbocycles. The van der Waals surface area contributed by atoms with Gasteiger partial charge in [0.2, 0.25) is 0 Å². The first kappa shape index (κ1) is 13.8. The van der Waals surface area contributed by atoms with E-state index in [4.69, 9.17) is 5.73 Å². The Morgan fingerprint density at radius 1 is 0.947 bits per heavy atom. The van der Waals surface area contributed by atoms with Gasteiger partial charge in [0, 0.05) is 16.3 Å². The van der Waals surface area contributed by atoms with E-state index in [2.05, 4.69) is 0 Å². The largest absolute Gasteiger partial charge is 0.417 e. The zero-order valence-electron chi connectivity index (χ0n) is 9.95. The Kier molecular flexibility index (Phi) is 4.04. The SMILES string of the molecule is Nc1ccccc1CSc1ccccc1C(F)(F)F. The fraction of sp³-hybridized carbons (Fsp3) is 0.143. The minimum atomic E-state index is -4.33. The minimum Gasteiger partial charge on any atom is -0.398 e. The van der Waals surface area contributed by atoms with E-state index in [0.717, 1.165) is 23.4 Å². The molecular weight excluding hydrogens is 271 g/mol. The summed E-state index contributed by atoms with van der Waals surface area (Å²) in [5.74, 6) is 0.416. The maximum absolute atomic E-state index is 12.8. The normalized spacial score (nSPS) is 11.5. The lowest BCUT2D eigenvalue weighted by Gasteiger charge is -2.12. The van der Waals surface area contributed by atoms with Crippen molar-refractivity contribution in [3.05, 3.63) is 59.7 Å². The maximum atomic E-state index is 12.8. The van der Waals surface area contributed by atoms with Crippen molar-refractivity contribution in [2.75, 3.05) is 5.73 Å². The van der Waals surface area contributed by atoms with Gasteiger partial charge in [-0.3, -0.25) is 0 Å². The third-order valence-corrected chi connectivity index (χ3v) is 3.75. The van der Waals surface area contributed by atoms with Crippen LogP contribution in [0.2, 0.25) is 0 Å². The number of rotatable bonds is 3. The Morgan fingerprint density at radius 2 is 1.58 bits per heavy atom. The van der Waals surface area contributed by atoms with Gasteiger partial charge in [0.15, 0.2) is 0 Å². The summed E-state index contributed by atoms with van der Waals surface area (Å²) in [5, 5.41) is 0. The van der Waals surface area contributed by atoms with Crippen molar-refractivity contribution in [3.8, 4) is 0 Å². The first-order chi connectivity index (χ1) is 8.98. The monoisotopic (exact) mass is 283 g/mol. The molecule has 0 heterocycles. The van der Waals surface area contributed by atoms with E-state index in [-0.39, 0.29) is 4.90 Å². The zero-order chi connectivity index (χ0) is 13.9. The zero-order valence-corrected chi connectivity index (χ0v) is 10.8. The first-order valence-electron chi connectivity index (χ1n) is 5.61. The molecule has 0 amide bonds. The molecule has 0 saturated heterocycles. The van der Waals surface area contributed by atoms with E-state index in [1.807, 2.05) is 12.1 Å². The Balaban J connectivity index is 2.19. The van der Waals surface area contributed by atoms with E-state index in [9.17, 15) is 13.2 Å². The number of anilines is 1. The molecule has 0 radical (unpaired) electrons. The molecule has 0 spiro atoms. The van der Waals surface area contributed by atoms with Crippen LogP contribution in [0.1, 0.15) is 11.1 Å². The molecule has 19 heavy (non-hydrogen) atoms. The quantitative estimate of drug-likeness (QED) is 0.659. The van der Waals surface area contributed by atoms with E-state index in [1.165, 1.54) is 12.1 Å². The summed E-state index contributed by atoms with van der Waals surface area (Å²) in [6, 6.07) is 12.7. The van der Waals surface area contributed by atoms with Crippen molar-refractivity contribution in [2.45, 2.75) is 16.8 Å². The molecule has 0 bridgehead atoms. The molecule has 1 nitrogen and oxygen atoms in total. The van der Waals surface area contributed by atoms with E-state index >= 15 is 0 Å². The molecule has 2 N–H and O–H groups in total. The van der Waals surface area contributed by atoms with Crippen LogP contribution < -0.4 is 5.73 Å². The highest BCUT2D eigenvalue weighted by Crippen LogP contribution is 2.37. The van der Waals surface area contributed by atoms with Crippen LogP contribution >= 0.6 is 11.8 Å². The molecule has 0 atom stereocenters. The molecule has 2 aromatic rings. The second kappa shape index (κ2) is 5.57. The number of nitrogens with two attached hydrogens (primary N) is 1. The molecule has 0 fully saturated rings. The molecule has 2 rings (SSSR count). The number of benzene rings is 2. The molecule has 0 saturated carbocycles. The summed E-state index contributed by atoms with van der Waals surface area (Å²) >= 11 is 1.14. The lowest BCUT2D eigenvalue weighted by Crippen LogP contribution is -2.06. The molecule has 0 aliphatic carbocycles. The molecule has 0 aliphatic rings. The molecule has 0 aliphatic heterocycles. The van der Waals surface area contributed by atoms with Crippen molar-refractivity contribution >= 4 is 17.4 Å². The number of para-hydroxylation sites is 1. The highest BCUT2D eigenvalue weighted by atomic mass is 32.2. The van der Waals surface area contributed by atoms with E-state index in [0.29, 0.717) is 11.4 Å². The van der Waals surface area contributed by atoms with Crippen LogP contribution in [0.3, 0.4) is 0 Å². The Hall–Kier alpha value is -1.62. The van der Waals surface area contributed by atoms with Crippen LogP contribution in [-0.4, -0.2) is 0 Å². The molecule has 0 unspecified atom stereocenters. The summed E-state index contributed by atoms with van der Waals surface area (Å²) in [6.07, 6.45) is -4.33. The third kappa shape index (κ3) is 3.44. The number of alkyl halides is 3. The standard InChI is InChI=1S/C14H12F3NS/c15-14(16,17)11-6-2-4-8-13(11)19-9-10-5-1-3-7-12(10)18/h1-8H,9,18H2. The predicted octanol–water partition coefficient (Wildman–Crippen LogP) is 4.58. The van der Waals surface area contributed by atoms with Crippen LogP contribution in [-0.2, 0) is 11.9 Å². The van der Waals surface area contributed by atoms with Crippen molar-refractivity contribution in [2.24, 2.45) is 0 Å². The van der Waals surface area contributed by atoms with Crippen molar-refractivity contribution in [1.29, 1.82) is 0 Å². The molecule has 100 valence electrons. The molecule has 0 aromatic heterocycles. The Labute approximate surface area is 113 Å². The van der Waals surface area contributed by atoms with Gasteiger partial charge in [-0.2, -0.15) is 13.2 Å². The maximum Gasteiger partial charge on any atom is 0.417 e. The lowest BCUT2D eigenvalue weighted by molar-refractivity contribution is -0.139. The van der Waals surface area contributed by atoms with Gasteiger partial charge in [-0.25, -0.2) is 0 Å². The number of hydrogen-bond donors (Lipinski definition) is 1. The van der Waals surface area contributed by atoms with Gasteiger partial charge < -0.3 is 5.73 Å². The average molecular weight is 283 g/mol. The van der Waals surface area contributed by atoms with Crippen LogP contribution in [0.4, 0.5) is 18.9 Å². The van der Waals surface area contributed by atoms with Crippen LogP contribution in [0.5, 0.6) is 0 Å². The van der Waals surface area contributed by atoms with E-state index < -0.39 is 11.7 Å². The Morgan fingerprint density at radius 3 is 2.26 bits per heavy atom. The highest BCUT2D eigenvalue weighted by Gasteiger charge is 2.33. The lowest BCUT2D eigenvalue weighted by atomic mass is 10.2. The summed E-state index contributed by atoms with van der Waals surface area (Å²) in [4.78, 5) is 0.221. The number of thioether (sulfide) groups is 1. The van der Waals surface area contributed by atoms with Gasteiger partial charge in [0.05, 0.1) is 5.56 Å². The van der Waals surface area contributed by atoms with Gasteiger partial charge in [0.25, 0.3) is 0 Å². The van der Waals surface area contributed by atoms with Gasteiger partial charge in [-0.15, -0.1) is 11.8 Å². The first-order valence-corrected chi connectivity index (χ1v) is 6.59. The van der Waals surface area contributed by atoms with Gasteiger partial charge in [-0.05, 0) is 23.8 Å². The summed E-state index contributed by atoms with van der Waals surface area (Å²) in [7, 11) is 0. The predicted molar refractivity (Wildman–Crippen MR) is 71.9 cm³/mol. The minimum absolute atomic E-state index is 0.221. The summed E-state index contributed by atoms with van der Waals surface area (Å²) in [6.45, 7) is 0.